The van der Waals surface area contributed by atoms with E-state index in [0.717, 1.165) is 40.8 Å². The quantitative estimate of drug-likeness (QED) is 0.422. The third kappa shape index (κ3) is 3.52. The van der Waals surface area contributed by atoms with E-state index in [1.165, 1.54) is 11.6 Å². The highest BCUT2D eigenvalue weighted by molar-refractivity contribution is 5.91. The average Bonchev–Trinajstić information content (AvgIpc) is 3.04. The van der Waals surface area contributed by atoms with Gasteiger partial charge < -0.3 is 14.2 Å². The van der Waals surface area contributed by atoms with E-state index in [1.54, 1.807) is 13.2 Å². The molecule has 1 aliphatic heterocycles. The number of aryl methyl sites for hydroxylation is 1. The van der Waals surface area contributed by atoms with Crippen LogP contribution in [0.2, 0.25) is 0 Å². The highest BCUT2D eigenvalue weighted by atomic mass is 16.6. The fourth-order valence-corrected chi connectivity index (χ4v) is 4.30. The first kappa shape index (κ1) is 20.0. The Morgan fingerprint density at radius 3 is 2.67 bits per heavy atom. The lowest BCUT2D eigenvalue weighted by Crippen LogP contribution is -2.21. The van der Waals surface area contributed by atoms with Gasteiger partial charge in [-0.15, -0.1) is 0 Å². The van der Waals surface area contributed by atoms with Crippen molar-refractivity contribution in [3.8, 4) is 11.5 Å². The summed E-state index contributed by atoms with van der Waals surface area (Å²) in [6.45, 7) is 7.81. The first-order valence-electron chi connectivity index (χ1n) is 9.95. The lowest BCUT2D eigenvalue weighted by atomic mass is 9.76. The summed E-state index contributed by atoms with van der Waals surface area (Å²) in [6.07, 6.45) is 4.44. The van der Waals surface area contributed by atoms with Gasteiger partial charge in [-0.25, -0.2) is 9.59 Å². The molecule has 2 aliphatic rings. The van der Waals surface area contributed by atoms with Crippen molar-refractivity contribution in [1.29, 1.82) is 0 Å². The summed E-state index contributed by atoms with van der Waals surface area (Å²) in [6, 6.07) is 9.26. The average molecular weight is 404 g/mol. The molecule has 1 heterocycles. The van der Waals surface area contributed by atoms with Crippen LogP contribution in [0.5, 0.6) is 11.5 Å². The third-order valence-electron chi connectivity index (χ3n) is 5.96. The molecule has 5 heteroatoms. The topological polar surface area (TPSA) is 61.8 Å². The van der Waals surface area contributed by atoms with Crippen LogP contribution in [0.3, 0.4) is 0 Å². The van der Waals surface area contributed by atoms with Crippen LogP contribution in [0, 0.1) is 19.8 Å². The molecule has 1 aliphatic carbocycles. The number of carbonyl (C=O) groups is 2. The summed E-state index contributed by atoms with van der Waals surface area (Å²) in [7, 11) is 1.61. The molecule has 0 N–H and O–H groups in total. The minimum atomic E-state index is -0.464. The second-order valence-corrected chi connectivity index (χ2v) is 7.73. The van der Waals surface area contributed by atoms with Crippen LogP contribution in [0.25, 0.3) is 6.08 Å². The minimum Gasteiger partial charge on any atom is -0.497 e. The van der Waals surface area contributed by atoms with Crippen LogP contribution >= 0.6 is 0 Å². The molecule has 0 bridgehead atoms. The molecule has 0 radical (unpaired) electrons. The summed E-state index contributed by atoms with van der Waals surface area (Å²) < 4.78 is 16.4. The van der Waals surface area contributed by atoms with Gasteiger partial charge >= 0.3 is 11.9 Å². The Morgan fingerprint density at radius 2 is 1.97 bits per heavy atom. The van der Waals surface area contributed by atoms with E-state index in [1.807, 2.05) is 44.2 Å². The van der Waals surface area contributed by atoms with Crippen LogP contribution in [-0.4, -0.2) is 19.0 Å². The molecular weight excluding hydrogens is 380 g/mol. The summed E-state index contributed by atoms with van der Waals surface area (Å²) in [5.74, 6) is 0.436. The molecular formula is C25H24O5. The predicted molar refractivity (Wildman–Crippen MR) is 113 cm³/mol. The van der Waals surface area contributed by atoms with Gasteiger partial charge in [-0.2, -0.15) is 0 Å². The Hall–Kier alpha value is -3.34. The normalized spacial score (nSPS) is 20.0. The van der Waals surface area contributed by atoms with Crippen LogP contribution in [0.1, 0.15) is 40.3 Å². The van der Waals surface area contributed by atoms with Crippen molar-refractivity contribution < 1.29 is 23.8 Å². The van der Waals surface area contributed by atoms with Gasteiger partial charge in [0.25, 0.3) is 0 Å². The maximum Gasteiger partial charge on any atom is 0.336 e. The first-order chi connectivity index (χ1) is 14.4. The minimum absolute atomic E-state index is 0.0102. The lowest BCUT2D eigenvalue weighted by molar-refractivity contribution is -0.139. The first-order valence-corrected chi connectivity index (χ1v) is 9.95. The van der Waals surface area contributed by atoms with E-state index in [4.69, 9.17) is 14.2 Å². The summed E-state index contributed by atoms with van der Waals surface area (Å²) in [5, 5.41) is 0. The molecule has 154 valence electrons. The highest BCUT2D eigenvalue weighted by Gasteiger charge is 2.44. The number of esters is 2. The van der Waals surface area contributed by atoms with E-state index in [0.29, 0.717) is 11.3 Å². The Balaban J connectivity index is 1.58. The number of benzene rings is 2. The fraction of sp³-hybridized carbons (Fsp3) is 0.280. The maximum absolute atomic E-state index is 12.4. The molecule has 5 nitrogen and oxygen atoms in total. The predicted octanol–water partition coefficient (Wildman–Crippen LogP) is 4.65. The molecule has 0 unspecified atom stereocenters. The molecule has 0 aromatic heterocycles. The Kier molecular flexibility index (Phi) is 5.20. The Labute approximate surface area is 176 Å². The lowest BCUT2D eigenvalue weighted by Gasteiger charge is -2.30. The van der Waals surface area contributed by atoms with E-state index in [-0.39, 0.29) is 18.0 Å². The summed E-state index contributed by atoms with van der Waals surface area (Å²) in [5.41, 5.74) is 5.39. The SMILES string of the molecule is C=C1C(=O)O[C@H]2c3c(C)c(OC(=O)/C=C/c4ccc(OC)cc4)cc(C)c3CC[C@@H]12. The molecule has 1 fully saturated rings. The van der Waals surface area contributed by atoms with Gasteiger partial charge in [0.05, 0.1) is 7.11 Å². The maximum atomic E-state index is 12.4. The van der Waals surface area contributed by atoms with Gasteiger partial charge in [-0.3, -0.25) is 0 Å². The molecule has 2 atom stereocenters. The number of ether oxygens (including phenoxy) is 3. The third-order valence-corrected chi connectivity index (χ3v) is 5.96. The Bertz CT molecular complexity index is 1060. The standard InChI is InChI=1S/C25H24O5/c1-14-13-21(29-22(26)12-7-17-5-8-18(28-4)9-6-17)16(3)23-19(14)10-11-20-15(2)25(27)30-24(20)23/h5-9,12-13,20,24H,2,10-11H2,1,3-4H3/b12-7+/t20-,24+/m0/s1. The van der Waals surface area contributed by atoms with E-state index >= 15 is 0 Å². The van der Waals surface area contributed by atoms with E-state index < -0.39 is 5.97 Å². The zero-order valence-corrected chi connectivity index (χ0v) is 17.4. The van der Waals surface area contributed by atoms with Crippen molar-refractivity contribution in [3.63, 3.8) is 0 Å². The van der Waals surface area contributed by atoms with Crippen molar-refractivity contribution in [3.05, 3.63) is 76.4 Å². The number of hydrogen-bond donors (Lipinski definition) is 0. The van der Waals surface area contributed by atoms with Crippen molar-refractivity contribution in [1.82, 2.24) is 0 Å². The van der Waals surface area contributed by atoms with Gasteiger partial charge in [-0.1, -0.05) is 18.7 Å². The second kappa shape index (κ2) is 7.82. The van der Waals surface area contributed by atoms with Gasteiger partial charge in [0.1, 0.15) is 17.6 Å². The van der Waals surface area contributed by atoms with Crippen LogP contribution in [-0.2, 0) is 20.7 Å². The zero-order chi connectivity index (χ0) is 21.4. The van der Waals surface area contributed by atoms with Crippen LogP contribution < -0.4 is 9.47 Å². The number of methoxy groups -OCH3 is 1. The molecule has 30 heavy (non-hydrogen) atoms. The van der Waals surface area contributed by atoms with Gasteiger partial charge in [-0.05, 0) is 73.2 Å². The smallest absolute Gasteiger partial charge is 0.336 e. The molecule has 0 spiro atoms. The van der Waals surface area contributed by atoms with E-state index in [2.05, 4.69) is 6.58 Å². The van der Waals surface area contributed by atoms with Gasteiger partial charge in [0, 0.05) is 23.1 Å². The zero-order valence-electron chi connectivity index (χ0n) is 17.4. The number of hydrogen-bond acceptors (Lipinski definition) is 5. The molecule has 0 saturated carbocycles. The van der Waals surface area contributed by atoms with Gasteiger partial charge in [0.15, 0.2) is 0 Å². The monoisotopic (exact) mass is 404 g/mol. The molecule has 2 aromatic carbocycles. The number of rotatable bonds is 4. The molecule has 4 rings (SSSR count). The second-order valence-electron chi connectivity index (χ2n) is 7.73. The van der Waals surface area contributed by atoms with Crippen molar-refractivity contribution in [2.75, 3.05) is 7.11 Å². The Morgan fingerprint density at radius 1 is 1.23 bits per heavy atom. The van der Waals surface area contributed by atoms with Crippen molar-refractivity contribution in [2.45, 2.75) is 32.8 Å². The molecule has 1 saturated heterocycles. The van der Waals surface area contributed by atoms with Gasteiger partial charge in [0.2, 0.25) is 0 Å². The van der Waals surface area contributed by atoms with Crippen molar-refractivity contribution in [2.24, 2.45) is 5.92 Å². The van der Waals surface area contributed by atoms with Crippen LogP contribution in [0.4, 0.5) is 0 Å². The summed E-state index contributed by atoms with van der Waals surface area (Å²) >= 11 is 0. The molecule has 2 aromatic rings. The fourth-order valence-electron chi connectivity index (χ4n) is 4.30. The number of fused-ring (bicyclic) bond motifs is 3. The molecule has 0 amide bonds. The largest absolute Gasteiger partial charge is 0.497 e. The van der Waals surface area contributed by atoms with Crippen LogP contribution in [0.15, 0.2) is 48.6 Å². The van der Waals surface area contributed by atoms with Crippen molar-refractivity contribution >= 4 is 18.0 Å². The number of carbonyl (C=O) groups excluding carboxylic acids is 2. The summed E-state index contributed by atoms with van der Waals surface area (Å²) in [4.78, 5) is 24.5. The highest BCUT2D eigenvalue weighted by Crippen LogP contribution is 2.49. The van der Waals surface area contributed by atoms with E-state index in [9.17, 15) is 9.59 Å².